The van der Waals surface area contributed by atoms with Crippen LogP contribution in [0.4, 0.5) is 0 Å². The largest absolute Gasteiger partial charge is 0.458 e. The molecular formula is C19H26O6. The Morgan fingerprint density at radius 2 is 2.16 bits per heavy atom. The Morgan fingerprint density at radius 3 is 2.76 bits per heavy atom. The maximum absolute atomic E-state index is 12.1. The smallest absolute Gasteiger partial charge is 0.334 e. The Bertz CT molecular complexity index is 591. The molecule has 6 heteroatoms. The molecule has 1 aliphatic carbocycles. The number of esters is 2. The molecule has 2 rings (SSSR count). The van der Waals surface area contributed by atoms with Crippen molar-refractivity contribution in [2.75, 3.05) is 13.2 Å². The summed E-state index contributed by atoms with van der Waals surface area (Å²) in [6, 6.07) is 0. The number of hydrogen-bond acceptors (Lipinski definition) is 6. The standard InChI is InChI=1S/C19H26O6/c1-11(2)18(22)24-15-7-13(9-20)5-4-6-14(10-21)8-16-17(15)12(3)19(23)25-16/h8,13,15-17,20-21H,1,3-7,9-10H2,2H3/b14-8+/t13-,15+,16+,17-/m1/s1. The van der Waals surface area contributed by atoms with E-state index < -0.39 is 30.1 Å². The minimum absolute atomic E-state index is 0.0437. The van der Waals surface area contributed by atoms with E-state index in [4.69, 9.17) is 9.47 Å². The van der Waals surface area contributed by atoms with Gasteiger partial charge in [0.05, 0.1) is 12.5 Å². The number of rotatable bonds is 4. The molecule has 138 valence electrons. The lowest BCUT2D eigenvalue weighted by Gasteiger charge is -2.30. The summed E-state index contributed by atoms with van der Waals surface area (Å²) in [7, 11) is 0. The molecule has 1 aliphatic heterocycles. The third-order valence-corrected chi connectivity index (χ3v) is 4.81. The fraction of sp³-hybridized carbons (Fsp3) is 0.579. The Balaban J connectivity index is 2.39. The van der Waals surface area contributed by atoms with Crippen LogP contribution >= 0.6 is 0 Å². The van der Waals surface area contributed by atoms with Gasteiger partial charge in [0.2, 0.25) is 0 Å². The van der Waals surface area contributed by atoms with Crippen LogP contribution < -0.4 is 0 Å². The molecule has 2 N–H and O–H groups in total. The van der Waals surface area contributed by atoms with Crippen LogP contribution in [0.2, 0.25) is 0 Å². The minimum Gasteiger partial charge on any atom is -0.458 e. The lowest BCUT2D eigenvalue weighted by Crippen LogP contribution is -2.35. The molecule has 0 radical (unpaired) electrons. The first-order chi connectivity index (χ1) is 11.9. The first-order valence-electron chi connectivity index (χ1n) is 8.54. The molecular weight excluding hydrogens is 324 g/mol. The third-order valence-electron chi connectivity index (χ3n) is 4.81. The van der Waals surface area contributed by atoms with Crippen molar-refractivity contribution in [2.45, 2.75) is 44.8 Å². The predicted molar refractivity (Wildman–Crippen MR) is 91.4 cm³/mol. The number of aliphatic hydroxyl groups is 2. The average Bonchev–Trinajstić information content (AvgIpc) is 2.85. The van der Waals surface area contributed by atoms with Crippen molar-refractivity contribution >= 4 is 11.9 Å². The van der Waals surface area contributed by atoms with Gasteiger partial charge in [-0.05, 0) is 50.2 Å². The summed E-state index contributed by atoms with van der Waals surface area (Å²) >= 11 is 0. The molecule has 25 heavy (non-hydrogen) atoms. The van der Waals surface area contributed by atoms with Crippen LogP contribution in [-0.2, 0) is 19.1 Å². The second-order valence-corrected chi connectivity index (χ2v) is 6.80. The zero-order valence-corrected chi connectivity index (χ0v) is 14.6. The van der Waals surface area contributed by atoms with E-state index in [1.807, 2.05) is 0 Å². The van der Waals surface area contributed by atoms with E-state index in [0.717, 1.165) is 18.4 Å². The van der Waals surface area contributed by atoms with E-state index in [1.54, 1.807) is 13.0 Å². The monoisotopic (exact) mass is 350 g/mol. The molecule has 0 spiro atoms. The minimum atomic E-state index is -0.653. The highest BCUT2D eigenvalue weighted by molar-refractivity contribution is 5.91. The first-order valence-corrected chi connectivity index (χ1v) is 8.54. The summed E-state index contributed by atoms with van der Waals surface area (Å²) in [6.07, 6.45) is 3.04. The van der Waals surface area contributed by atoms with Gasteiger partial charge in [0.1, 0.15) is 12.2 Å². The molecule has 6 nitrogen and oxygen atoms in total. The maximum atomic E-state index is 12.1. The van der Waals surface area contributed by atoms with Crippen LogP contribution in [0.5, 0.6) is 0 Å². The Kier molecular flexibility index (Phi) is 6.56. The van der Waals surface area contributed by atoms with Crippen molar-refractivity contribution in [1.29, 1.82) is 0 Å². The van der Waals surface area contributed by atoms with Crippen LogP contribution in [0.1, 0.15) is 32.6 Å². The Morgan fingerprint density at radius 1 is 1.44 bits per heavy atom. The number of ether oxygens (including phenoxy) is 2. The summed E-state index contributed by atoms with van der Waals surface area (Å²) in [5, 5.41) is 19.2. The third kappa shape index (κ3) is 4.58. The van der Waals surface area contributed by atoms with Gasteiger partial charge in [-0.3, -0.25) is 0 Å². The van der Waals surface area contributed by atoms with E-state index in [0.29, 0.717) is 12.8 Å². The van der Waals surface area contributed by atoms with Crippen molar-refractivity contribution in [3.05, 3.63) is 36.0 Å². The van der Waals surface area contributed by atoms with E-state index in [1.165, 1.54) is 0 Å². The molecule has 0 amide bonds. The van der Waals surface area contributed by atoms with Gasteiger partial charge in [-0.1, -0.05) is 13.2 Å². The molecule has 2 aliphatic rings. The normalized spacial score (nSPS) is 32.2. The highest BCUT2D eigenvalue weighted by Crippen LogP contribution is 2.37. The number of hydrogen-bond donors (Lipinski definition) is 2. The van der Waals surface area contributed by atoms with Crippen LogP contribution in [0.25, 0.3) is 0 Å². The van der Waals surface area contributed by atoms with Gasteiger partial charge < -0.3 is 19.7 Å². The van der Waals surface area contributed by atoms with E-state index in [2.05, 4.69) is 13.2 Å². The highest BCUT2D eigenvalue weighted by Gasteiger charge is 2.45. The molecule has 0 aromatic rings. The molecule has 1 fully saturated rings. The van der Waals surface area contributed by atoms with E-state index in [9.17, 15) is 19.8 Å². The zero-order chi connectivity index (χ0) is 18.6. The Hall–Kier alpha value is -1.92. The average molecular weight is 350 g/mol. The van der Waals surface area contributed by atoms with Gasteiger partial charge in [0.25, 0.3) is 0 Å². The van der Waals surface area contributed by atoms with Crippen LogP contribution in [-0.4, -0.2) is 47.6 Å². The SMILES string of the molecule is C=C(C)C(=O)O[C@H]1C[C@H](CO)CCC/C(CO)=C\[C@@H]2OC(=O)C(=C)[C@@H]21. The highest BCUT2D eigenvalue weighted by atomic mass is 16.6. The quantitative estimate of drug-likeness (QED) is 0.455. The first kappa shape index (κ1) is 19.4. The molecule has 0 saturated carbocycles. The lowest BCUT2D eigenvalue weighted by atomic mass is 9.82. The van der Waals surface area contributed by atoms with Crippen LogP contribution in [0.3, 0.4) is 0 Å². The fourth-order valence-electron chi connectivity index (χ4n) is 3.36. The molecule has 0 aromatic carbocycles. The summed E-state index contributed by atoms with van der Waals surface area (Å²) in [5.41, 5.74) is 1.27. The molecule has 0 unspecified atom stereocenters. The van der Waals surface area contributed by atoms with E-state index >= 15 is 0 Å². The molecule has 0 aromatic heterocycles. The topological polar surface area (TPSA) is 93.1 Å². The number of aliphatic hydroxyl groups excluding tert-OH is 2. The molecule has 4 atom stereocenters. The van der Waals surface area contributed by atoms with Gasteiger partial charge in [-0.15, -0.1) is 0 Å². The van der Waals surface area contributed by atoms with Crippen molar-refractivity contribution in [3.8, 4) is 0 Å². The molecule has 1 saturated heterocycles. The van der Waals surface area contributed by atoms with Gasteiger partial charge in [-0.2, -0.15) is 0 Å². The van der Waals surface area contributed by atoms with Crippen LogP contribution in [0.15, 0.2) is 36.0 Å². The van der Waals surface area contributed by atoms with Gasteiger partial charge in [0, 0.05) is 17.8 Å². The number of carbonyl (C=O) groups is 2. The van der Waals surface area contributed by atoms with Gasteiger partial charge in [-0.25, -0.2) is 9.59 Å². The second-order valence-electron chi connectivity index (χ2n) is 6.80. The summed E-state index contributed by atoms with van der Waals surface area (Å²) in [4.78, 5) is 24.1. The summed E-state index contributed by atoms with van der Waals surface area (Å²) < 4.78 is 11.0. The van der Waals surface area contributed by atoms with Crippen molar-refractivity contribution in [2.24, 2.45) is 11.8 Å². The summed E-state index contributed by atoms with van der Waals surface area (Å²) in [5.74, 6) is -1.69. The predicted octanol–water partition coefficient (Wildman–Crippen LogP) is 1.67. The van der Waals surface area contributed by atoms with Crippen molar-refractivity contribution in [1.82, 2.24) is 0 Å². The maximum Gasteiger partial charge on any atom is 0.334 e. The number of fused-ring (bicyclic) bond motifs is 1. The van der Waals surface area contributed by atoms with Gasteiger partial charge in [0.15, 0.2) is 0 Å². The molecule has 1 heterocycles. The Labute approximate surface area is 147 Å². The lowest BCUT2D eigenvalue weighted by molar-refractivity contribution is -0.148. The van der Waals surface area contributed by atoms with Gasteiger partial charge >= 0.3 is 11.9 Å². The van der Waals surface area contributed by atoms with Crippen molar-refractivity contribution < 1.29 is 29.3 Å². The zero-order valence-electron chi connectivity index (χ0n) is 14.6. The summed E-state index contributed by atoms with van der Waals surface area (Å²) in [6.45, 7) is 8.78. The fourth-order valence-corrected chi connectivity index (χ4v) is 3.36. The van der Waals surface area contributed by atoms with E-state index in [-0.39, 0.29) is 30.3 Å². The van der Waals surface area contributed by atoms with Crippen LogP contribution in [0, 0.1) is 11.8 Å². The van der Waals surface area contributed by atoms with Crippen molar-refractivity contribution in [3.63, 3.8) is 0 Å². The number of carbonyl (C=O) groups excluding carboxylic acids is 2. The molecule has 0 bridgehead atoms. The second kappa shape index (κ2) is 8.45.